The first-order valence-corrected chi connectivity index (χ1v) is 9.86. The molecule has 0 bridgehead atoms. The molecule has 0 fully saturated rings. The van der Waals surface area contributed by atoms with Crippen molar-refractivity contribution in [3.05, 3.63) is 65.5 Å². The van der Waals surface area contributed by atoms with Gasteiger partial charge in [0.1, 0.15) is 11.6 Å². The van der Waals surface area contributed by atoms with Gasteiger partial charge < -0.3 is 27.0 Å². The SMILES string of the molecule is C=C1C=C(c2nnc(N)s2)C=CN1C(CN)c1cccc(NC(=O)NCC(F)(F)F)c1. The fourth-order valence-corrected chi connectivity index (χ4v) is 3.54. The summed E-state index contributed by atoms with van der Waals surface area (Å²) in [6.07, 6.45) is 0.986. The van der Waals surface area contributed by atoms with Crippen molar-refractivity contribution >= 4 is 33.8 Å². The number of anilines is 2. The number of urea groups is 1. The molecule has 2 heterocycles. The number of hydrogen-bond acceptors (Lipinski definition) is 7. The van der Waals surface area contributed by atoms with Crippen LogP contribution in [-0.2, 0) is 0 Å². The van der Waals surface area contributed by atoms with E-state index in [0.717, 1.165) is 11.1 Å². The third kappa shape index (κ3) is 5.83. The minimum atomic E-state index is -4.49. The van der Waals surface area contributed by atoms with Crippen LogP contribution < -0.4 is 22.1 Å². The summed E-state index contributed by atoms with van der Waals surface area (Å²) < 4.78 is 36.8. The van der Waals surface area contributed by atoms with E-state index in [1.807, 2.05) is 29.3 Å². The third-order valence-corrected chi connectivity index (χ3v) is 5.10. The zero-order valence-electron chi connectivity index (χ0n) is 16.2. The summed E-state index contributed by atoms with van der Waals surface area (Å²) in [6, 6.07) is 5.44. The van der Waals surface area contributed by atoms with E-state index in [0.29, 0.717) is 21.5 Å². The average molecular weight is 451 g/mol. The number of benzene rings is 1. The molecule has 1 unspecified atom stereocenters. The van der Waals surface area contributed by atoms with Crippen LogP contribution in [0.2, 0.25) is 0 Å². The van der Waals surface area contributed by atoms with Crippen LogP contribution >= 0.6 is 11.3 Å². The number of alkyl halides is 3. The summed E-state index contributed by atoms with van der Waals surface area (Å²) in [4.78, 5) is 13.6. The molecule has 3 rings (SSSR count). The summed E-state index contributed by atoms with van der Waals surface area (Å²) in [5.41, 5.74) is 14.2. The monoisotopic (exact) mass is 451 g/mol. The number of aromatic nitrogens is 2. The average Bonchev–Trinajstić information content (AvgIpc) is 3.14. The topological polar surface area (TPSA) is 122 Å². The lowest BCUT2D eigenvalue weighted by Crippen LogP contribution is -2.36. The second-order valence-electron chi connectivity index (χ2n) is 6.56. The van der Waals surface area contributed by atoms with Crippen LogP contribution in [0.25, 0.3) is 5.57 Å². The number of rotatable bonds is 6. The Labute approximate surface area is 180 Å². The molecular weight excluding hydrogens is 431 g/mol. The van der Waals surface area contributed by atoms with Gasteiger partial charge in [-0.15, -0.1) is 10.2 Å². The van der Waals surface area contributed by atoms with Crippen LogP contribution in [0.4, 0.5) is 28.8 Å². The Bertz CT molecular complexity index is 1030. The summed E-state index contributed by atoms with van der Waals surface area (Å²) in [5.74, 6) is 0. The summed E-state index contributed by atoms with van der Waals surface area (Å²) in [7, 11) is 0. The van der Waals surface area contributed by atoms with Crippen LogP contribution in [0, 0.1) is 0 Å². The second-order valence-corrected chi connectivity index (χ2v) is 7.57. The van der Waals surface area contributed by atoms with Gasteiger partial charge in [-0.25, -0.2) is 4.79 Å². The van der Waals surface area contributed by atoms with E-state index < -0.39 is 18.8 Å². The van der Waals surface area contributed by atoms with Gasteiger partial charge in [0.25, 0.3) is 0 Å². The predicted octanol–water partition coefficient (Wildman–Crippen LogP) is 3.23. The van der Waals surface area contributed by atoms with E-state index in [1.54, 1.807) is 23.5 Å². The van der Waals surface area contributed by atoms with Gasteiger partial charge in [-0.1, -0.05) is 30.0 Å². The molecule has 1 aromatic heterocycles. The first-order chi connectivity index (χ1) is 14.7. The van der Waals surface area contributed by atoms with Crippen molar-refractivity contribution in [3.8, 4) is 0 Å². The first-order valence-electron chi connectivity index (χ1n) is 9.04. The van der Waals surface area contributed by atoms with E-state index in [9.17, 15) is 18.0 Å². The Hall–Kier alpha value is -3.38. The molecule has 0 spiro atoms. The highest BCUT2D eigenvalue weighted by atomic mass is 32.1. The number of nitrogens with one attached hydrogen (secondary N) is 2. The Balaban J connectivity index is 1.72. The predicted molar refractivity (Wildman–Crippen MR) is 114 cm³/mol. The number of nitrogens with two attached hydrogens (primary N) is 2. The zero-order valence-corrected chi connectivity index (χ0v) is 17.0. The molecule has 0 radical (unpaired) electrons. The van der Waals surface area contributed by atoms with E-state index in [-0.39, 0.29) is 12.6 Å². The van der Waals surface area contributed by atoms with Crippen molar-refractivity contribution in [1.29, 1.82) is 0 Å². The standard InChI is InChI=1S/C19H20F3N7OS/c1-11-7-13(16-27-28-17(24)31-16)5-6-29(11)15(9-23)12-3-2-4-14(8-12)26-18(30)25-10-19(20,21)22/h2-8,15H,1,9-10,23H2,(H2,24,28)(H2,25,26,30). The first kappa shape index (κ1) is 22.3. The Kier molecular flexibility index (Phi) is 6.61. The zero-order chi connectivity index (χ0) is 22.6. The molecule has 1 aliphatic heterocycles. The van der Waals surface area contributed by atoms with Crippen molar-refractivity contribution in [2.75, 3.05) is 24.1 Å². The van der Waals surface area contributed by atoms with Crippen molar-refractivity contribution in [1.82, 2.24) is 20.4 Å². The molecule has 0 saturated carbocycles. The molecule has 0 aliphatic carbocycles. The van der Waals surface area contributed by atoms with Crippen molar-refractivity contribution in [2.45, 2.75) is 12.2 Å². The fraction of sp³-hybridized carbons (Fsp3) is 0.211. The Morgan fingerprint density at radius 2 is 2.10 bits per heavy atom. The largest absolute Gasteiger partial charge is 0.405 e. The van der Waals surface area contributed by atoms with E-state index in [1.165, 1.54) is 11.3 Å². The van der Waals surface area contributed by atoms with Gasteiger partial charge in [0.2, 0.25) is 5.13 Å². The van der Waals surface area contributed by atoms with Crippen molar-refractivity contribution in [2.24, 2.45) is 5.73 Å². The van der Waals surface area contributed by atoms with Crippen molar-refractivity contribution < 1.29 is 18.0 Å². The summed E-state index contributed by atoms with van der Waals surface area (Å²) in [6.45, 7) is 2.88. The van der Waals surface area contributed by atoms with Gasteiger partial charge in [-0.3, -0.25) is 0 Å². The van der Waals surface area contributed by atoms with Gasteiger partial charge in [0.15, 0.2) is 0 Å². The fourth-order valence-electron chi connectivity index (χ4n) is 2.94. The smallest absolute Gasteiger partial charge is 0.374 e. The maximum absolute atomic E-state index is 12.3. The number of carbonyl (C=O) groups excluding carboxylic acids is 1. The summed E-state index contributed by atoms with van der Waals surface area (Å²) >= 11 is 1.26. The second kappa shape index (κ2) is 9.18. The molecule has 31 heavy (non-hydrogen) atoms. The molecule has 12 heteroatoms. The minimum Gasteiger partial charge on any atom is -0.374 e. The van der Waals surface area contributed by atoms with E-state index >= 15 is 0 Å². The molecule has 1 atom stereocenters. The molecule has 2 amide bonds. The summed E-state index contributed by atoms with van der Waals surface area (Å²) in [5, 5.41) is 13.0. The lowest BCUT2D eigenvalue weighted by atomic mass is 10.0. The van der Waals surface area contributed by atoms with Crippen LogP contribution in [0.1, 0.15) is 16.6 Å². The molecule has 0 saturated heterocycles. The molecule has 1 aliphatic rings. The molecule has 8 nitrogen and oxygen atoms in total. The number of amides is 2. The van der Waals surface area contributed by atoms with Crippen LogP contribution in [0.15, 0.2) is 54.9 Å². The highest BCUT2D eigenvalue weighted by molar-refractivity contribution is 7.16. The van der Waals surface area contributed by atoms with Gasteiger partial charge in [0, 0.05) is 29.7 Å². The van der Waals surface area contributed by atoms with Crippen molar-refractivity contribution in [3.63, 3.8) is 0 Å². The number of nitrogens with zero attached hydrogens (tertiary/aromatic N) is 3. The maximum Gasteiger partial charge on any atom is 0.405 e. The molecule has 6 N–H and O–H groups in total. The number of nitrogen functional groups attached to an aromatic ring is 1. The molecule has 164 valence electrons. The van der Waals surface area contributed by atoms with Gasteiger partial charge in [-0.2, -0.15) is 13.2 Å². The quantitative estimate of drug-likeness (QED) is 0.535. The van der Waals surface area contributed by atoms with Gasteiger partial charge in [0.05, 0.1) is 6.04 Å². The molecular formula is C19H20F3N7OS. The highest BCUT2D eigenvalue weighted by Gasteiger charge is 2.28. The Morgan fingerprint density at radius 1 is 1.32 bits per heavy atom. The van der Waals surface area contributed by atoms with E-state index in [4.69, 9.17) is 11.5 Å². The highest BCUT2D eigenvalue weighted by Crippen LogP contribution is 2.32. The molecule has 2 aromatic rings. The number of allylic oxidation sites excluding steroid dienone is 3. The number of hydrogen-bond donors (Lipinski definition) is 4. The van der Waals surface area contributed by atoms with Gasteiger partial charge in [-0.05, 0) is 29.8 Å². The lowest BCUT2D eigenvalue weighted by Gasteiger charge is -2.33. The lowest BCUT2D eigenvalue weighted by molar-refractivity contribution is -0.122. The molecule has 1 aromatic carbocycles. The van der Waals surface area contributed by atoms with Crippen LogP contribution in [0.3, 0.4) is 0 Å². The van der Waals surface area contributed by atoms with Crippen LogP contribution in [0.5, 0.6) is 0 Å². The number of carbonyl (C=O) groups is 1. The Morgan fingerprint density at radius 3 is 2.71 bits per heavy atom. The minimum absolute atomic E-state index is 0.224. The normalized spacial score (nSPS) is 14.9. The number of halogens is 3. The van der Waals surface area contributed by atoms with E-state index in [2.05, 4.69) is 22.1 Å². The van der Waals surface area contributed by atoms with Gasteiger partial charge >= 0.3 is 12.2 Å². The maximum atomic E-state index is 12.3. The third-order valence-electron chi connectivity index (χ3n) is 4.29. The van der Waals surface area contributed by atoms with Crippen LogP contribution in [-0.4, -0.2) is 40.4 Å².